The average molecular weight is 243 g/mol. The van der Waals surface area contributed by atoms with Gasteiger partial charge < -0.3 is 10.1 Å². The van der Waals surface area contributed by atoms with Crippen molar-refractivity contribution in [3.63, 3.8) is 0 Å². The van der Waals surface area contributed by atoms with Gasteiger partial charge in [0.05, 0.1) is 13.2 Å². The normalized spacial score (nSPS) is 23.8. The Morgan fingerprint density at radius 1 is 1.50 bits per heavy atom. The molecule has 2 rings (SSSR count). The van der Waals surface area contributed by atoms with Crippen LogP contribution < -0.4 is 10.1 Å². The van der Waals surface area contributed by atoms with Gasteiger partial charge in [0.15, 0.2) is 0 Å². The summed E-state index contributed by atoms with van der Waals surface area (Å²) in [5, 5.41) is 3.51. The first-order valence-electron chi connectivity index (χ1n) is 6.63. The quantitative estimate of drug-likeness (QED) is 0.803. The smallest absolute Gasteiger partial charge is 0.119 e. The van der Waals surface area contributed by atoms with E-state index in [-0.39, 0.29) is 6.04 Å². The summed E-state index contributed by atoms with van der Waals surface area (Å²) >= 11 is 0. The van der Waals surface area contributed by atoms with Crippen molar-refractivity contribution in [3.8, 4) is 18.1 Å². The highest BCUT2D eigenvalue weighted by Crippen LogP contribution is 2.38. The van der Waals surface area contributed by atoms with Crippen LogP contribution in [-0.2, 0) is 0 Å². The standard InChI is InChI=1S/C16H21NO/c1-4-14(5-2)17-15-9-13(10-15)12-7-6-8-16(11-12)18-3/h1,6-8,11,13-15,17H,5,9-10H2,2-3H3. The molecule has 0 heterocycles. The van der Waals surface area contributed by atoms with E-state index >= 15 is 0 Å². The van der Waals surface area contributed by atoms with E-state index in [1.54, 1.807) is 7.11 Å². The summed E-state index contributed by atoms with van der Waals surface area (Å²) in [7, 11) is 1.71. The fourth-order valence-electron chi connectivity index (χ4n) is 2.49. The SMILES string of the molecule is C#CC(CC)NC1CC(c2cccc(OC)c2)C1. The van der Waals surface area contributed by atoms with E-state index < -0.39 is 0 Å². The predicted octanol–water partition coefficient (Wildman–Crippen LogP) is 2.94. The van der Waals surface area contributed by atoms with E-state index in [1.807, 2.05) is 6.07 Å². The van der Waals surface area contributed by atoms with E-state index in [0.717, 1.165) is 12.2 Å². The predicted molar refractivity (Wildman–Crippen MR) is 74.8 cm³/mol. The topological polar surface area (TPSA) is 21.3 Å². The van der Waals surface area contributed by atoms with Crippen LogP contribution in [-0.4, -0.2) is 19.2 Å². The van der Waals surface area contributed by atoms with Crippen molar-refractivity contribution < 1.29 is 4.74 Å². The molecule has 0 spiro atoms. The van der Waals surface area contributed by atoms with E-state index in [9.17, 15) is 0 Å². The molecule has 18 heavy (non-hydrogen) atoms. The van der Waals surface area contributed by atoms with Crippen LogP contribution in [0.1, 0.15) is 37.7 Å². The Morgan fingerprint density at radius 2 is 2.28 bits per heavy atom. The Bertz CT molecular complexity index is 429. The van der Waals surface area contributed by atoms with Gasteiger partial charge >= 0.3 is 0 Å². The number of hydrogen-bond acceptors (Lipinski definition) is 2. The third-order valence-electron chi connectivity index (χ3n) is 3.75. The molecule has 1 fully saturated rings. The highest BCUT2D eigenvalue weighted by molar-refractivity contribution is 5.32. The molecule has 0 bridgehead atoms. The van der Waals surface area contributed by atoms with E-state index in [1.165, 1.54) is 18.4 Å². The highest BCUT2D eigenvalue weighted by Gasteiger charge is 2.31. The molecule has 2 heteroatoms. The molecule has 1 aromatic rings. The third-order valence-corrected chi connectivity index (χ3v) is 3.75. The minimum Gasteiger partial charge on any atom is -0.497 e. The molecule has 1 aromatic carbocycles. The number of benzene rings is 1. The Hall–Kier alpha value is -1.46. The van der Waals surface area contributed by atoms with Gasteiger partial charge in [-0.3, -0.25) is 0 Å². The van der Waals surface area contributed by atoms with Crippen molar-refractivity contribution >= 4 is 0 Å². The molecule has 1 saturated carbocycles. The summed E-state index contributed by atoms with van der Waals surface area (Å²) in [5.74, 6) is 4.38. The van der Waals surface area contributed by atoms with Crippen molar-refractivity contribution in [1.82, 2.24) is 5.32 Å². The Balaban J connectivity index is 1.87. The maximum Gasteiger partial charge on any atom is 0.119 e. The van der Waals surface area contributed by atoms with Crippen LogP contribution in [0.15, 0.2) is 24.3 Å². The van der Waals surface area contributed by atoms with E-state index in [0.29, 0.717) is 12.0 Å². The van der Waals surface area contributed by atoms with Gasteiger partial charge in [-0.1, -0.05) is 25.0 Å². The Morgan fingerprint density at radius 3 is 2.89 bits per heavy atom. The highest BCUT2D eigenvalue weighted by atomic mass is 16.5. The van der Waals surface area contributed by atoms with Crippen molar-refractivity contribution in [3.05, 3.63) is 29.8 Å². The minimum atomic E-state index is 0.223. The third kappa shape index (κ3) is 2.86. The van der Waals surface area contributed by atoms with Crippen LogP contribution >= 0.6 is 0 Å². The Kier molecular flexibility index (Phi) is 4.28. The lowest BCUT2D eigenvalue weighted by Gasteiger charge is -2.37. The van der Waals surface area contributed by atoms with Crippen LogP contribution in [0.2, 0.25) is 0 Å². The van der Waals surface area contributed by atoms with Crippen LogP contribution in [0.3, 0.4) is 0 Å². The van der Waals surface area contributed by atoms with Gasteiger partial charge in [0.25, 0.3) is 0 Å². The van der Waals surface area contributed by atoms with Gasteiger partial charge in [-0.15, -0.1) is 6.42 Å². The van der Waals surface area contributed by atoms with Crippen LogP contribution in [0.5, 0.6) is 5.75 Å². The number of ether oxygens (including phenoxy) is 1. The molecule has 0 saturated heterocycles. The molecular formula is C16H21NO. The summed E-state index contributed by atoms with van der Waals surface area (Å²) in [4.78, 5) is 0. The van der Waals surface area contributed by atoms with E-state index in [4.69, 9.17) is 11.2 Å². The second-order valence-electron chi connectivity index (χ2n) is 4.94. The van der Waals surface area contributed by atoms with Gasteiger partial charge in [0.1, 0.15) is 5.75 Å². The fraction of sp³-hybridized carbons (Fsp3) is 0.500. The van der Waals surface area contributed by atoms with Crippen molar-refractivity contribution in [2.45, 2.75) is 44.2 Å². The van der Waals surface area contributed by atoms with Gasteiger partial charge in [-0.2, -0.15) is 0 Å². The molecule has 1 atom stereocenters. The number of hydrogen-bond donors (Lipinski definition) is 1. The molecular weight excluding hydrogens is 222 g/mol. The van der Waals surface area contributed by atoms with E-state index in [2.05, 4.69) is 36.4 Å². The molecule has 0 radical (unpaired) electrons. The molecule has 0 aliphatic heterocycles. The summed E-state index contributed by atoms with van der Waals surface area (Å²) in [6, 6.07) is 9.17. The zero-order valence-corrected chi connectivity index (χ0v) is 11.1. The number of methoxy groups -OCH3 is 1. The zero-order valence-electron chi connectivity index (χ0n) is 11.1. The maximum atomic E-state index is 5.46. The minimum absolute atomic E-state index is 0.223. The second-order valence-corrected chi connectivity index (χ2v) is 4.94. The molecule has 1 aliphatic carbocycles. The first kappa shape index (κ1) is 13.0. The molecule has 2 nitrogen and oxygen atoms in total. The summed E-state index contributed by atoms with van der Waals surface area (Å²) in [6.45, 7) is 2.12. The van der Waals surface area contributed by atoms with Gasteiger partial charge in [-0.05, 0) is 42.9 Å². The number of nitrogens with one attached hydrogen (secondary N) is 1. The summed E-state index contributed by atoms with van der Waals surface area (Å²) in [6.07, 6.45) is 8.81. The van der Waals surface area contributed by atoms with Crippen LogP contribution in [0, 0.1) is 12.3 Å². The molecule has 0 aromatic heterocycles. The van der Waals surface area contributed by atoms with Crippen molar-refractivity contribution in [1.29, 1.82) is 0 Å². The fourth-order valence-corrected chi connectivity index (χ4v) is 2.49. The number of terminal acetylenes is 1. The molecule has 1 N–H and O–H groups in total. The molecule has 1 unspecified atom stereocenters. The number of rotatable bonds is 5. The maximum absolute atomic E-state index is 5.46. The Labute approximate surface area is 110 Å². The van der Waals surface area contributed by atoms with Gasteiger partial charge in [-0.25, -0.2) is 0 Å². The lowest BCUT2D eigenvalue weighted by Crippen LogP contribution is -2.44. The van der Waals surface area contributed by atoms with Crippen LogP contribution in [0.4, 0.5) is 0 Å². The van der Waals surface area contributed by atoms with Crippen molar-refractivity contribution in [2.24, 2.45) is 0 Å². The lowest BCUT2D eigenvalue weighted by molar-refractivity contribution is 0.277. The average Bonchev–Trinajstić information content (AvgIpc) is 2.38. The molecule has 0 amide bonds. The largest absolute Gasteiger partial charge is 0.497 e. The second kappa shape index (κ2) is 5.93. The first-order valence-corrected chi connectivity index (χ1v) is 6.63. The van der Waals surface area contributed by atoms with Crippen LogP contribution in [0.25, 0.3) is 0 Å². The molecule has 1 aliphatic rings. The monoisotopic (exact) mass is 243 g/mol. The first-order chi connectivity index (χ1) is 8.76. The van der Waals surface area contributed by atoms with Gasteiger partial charge in [0, 0.05) is 6.04 Å². The summed E-state index contributed by atoms with van der Waals surface area (Å²) < 4.78 is 5.26. The zero-order chi connectivity index (χ0) is 13.0. The molecule has 96 valence electrons. The summed E-state index contributed by atoms with van der Waals surface area (Å²) in [5.41, 5.74) is 1.38. The lowest BCUT2D eigenvalue weighted by atomic mass is 9.75. The van der Waals surface area contributed by atoms with Crippen molar-refractivity contribution in [2.75, 3.05) is 7.11 Å². The van der Waals surface area contributed by atoms with Gasteiger partial charge in [0.2, 0.25) is 0 Å².